The van der Waals surface area contributed by atoms with Crippen LogP contribution >= 0.6 is 11.6 Å². The van der Waals surface area contributed by atoms with E-state index in [4.69, 9.17) is 11.6 Å². The van der Waals surface area contributed by atoms with Crippen LogP contribution in [0.15, 0.2) is 24.3 Å². The van der Waals surface area contributed by atoms with Crippen molar-refractivity contribution in [3.8, 4) is 0 Å². The highest BCUT2D eigenvalue weighted by Crippen LogP contribution is 2.23. The zero-order chi connectivity index (χ0) is 14.3. The largest absolute Gasteiger partial charge is 0.315 e. The van der Waals surface area contributed by atoms with Gasteiger partial charge in [-0.25, -0.2) is 0 Å². The number of hydrogen-bond donors (Lipinski definition) is 1. The lowest BCUT2D eigenvalue weighted by Crippen LogP contribution is -2.41. The number of nitrogens with zero attached hydrogens (tertiary/aromatic N) is 1. The lowest BCUT2D eigenvalue weighted by atomic mass is 10.0. The SMILES string of the molecule is CCCC(CNCC)N(C)C(C)c1ccc(Cl)cc1. The summed E-state index contributed by atoms with van der Waals surface area (Å²) in [4.78, 5) is 2.47. The number of rotatable bonds is 8. The lowest BCUT2D eigenvalue weighted by Gasteiger charge is -2.33. The van der Waals surface area contributed by atoms with E-state index in [1.54, 1.807) is 0 Å². The van der Waals surface area contributed by atoms with E-state index in [0.29, 0.717) is 12.1 Å². The Hall–Kier alpha value is -0.570. The maximum absolute atomic E-state index is 5.95. The Morgan fingerprint density at radius 2 is 1.84 bits per heavy atom. The predicted octanol–water partition coefficient (Wildman–Crippen LogP) is 4.11. The zero-order valence-electron chi connectivity index (χ0n) is 12.6. The van der Waals surface area contributed by atoms with Crippen LogP contribution < -0.4 is 5.32 Å². The van der Waals surface area contributed by atoms with Gasteiger partial charge in [-0.3, -0.25) is 4.90 Å². The van der Waals surface area contributed by atoms with Crippen LogP contribution in [0, 0.1) is 0 Å². The first kappa shape index (κ1) is 16.5. The lowest BCUT2D eigenvalue weighted by molar-refractivity contribution is 0.171. The van der Waals surface area contributed by atoms with Crippen LogP contribution in [0.2, 0.25) is 5.02 Å². The molecule has 1 N–H and O–H groups in total. The van der Waals surface area contributed by atoms with Gasteiger partial charge in [0.15, 0.2) is 0 Å². The Kier molecular flexibility index (Phi) is 7.44. The predicted molar refractivity (Wildman–Crippen MR) is 84.9 cm³/mol. The average molecular weight is 283 g/mol. The molecular formula is C16H27ClN2. The molecule has 108 valence electrons. The van der Waals surface area contributed by atoms with Gasteiger partial charge < -0.3 is 5.32 Å². The van der Waals surface area contributed by atoms with Gasteiger partial charge in [0.1, 0.15) is 0 Å². The average Bonchev–Trinajstić information content (AvgIpc) is 2.42. The van der Waals surface area contributed by atoms with Crippen LogP contribution in [-0.2, 0) is 0 Å². The van der Waals surface area contributed by atoms with Crippen molar-refractivity contribution in [2.45, 2.75) is 45.7 Å². The minimum Gasteiger partial charge on any atom is -0.315 e. The molecule has 0 bridgehead atoms. The molecule has 19 heavy (non-hydrogen) atoms. The van der Waals surface area contributed by atoms with Crippen LogP contribution in [0.1, 0.15) is 45.2 Å². The Morgan fingerprint density at radius 1 is 1.21 bits per heavy atom. The second-order valence-corrected chi connectivity index (χ2v) is 5.58. The highest BCUT2D eigenvalue weighted by molar-refractivity contribution is 6.30. The van der Waals surface area contributed by atoms with Gasteiger partial charge in [0.2, 0.25) is 0 Å². The molecule has 0 radical (unpaired) electrons. The second-order valence-electron chi connectivity index (χ2n) is 5.14. The van der Waals surface area contributed by atoms with Crippen molar-refractivity contribution in [3.05, 3.63) is 34.9 Å². The quantitative estimate of drug-likeness (QED) is 0.772. The molecule has 2 nitrogen and oxygen atoms in total. The monoisotopic (exact) mass is 282 g/mol. The first-order chi connectivity index (χ1) is 9.10. The van der Waals surface area contributed by atoms with Crippen molar-refractivity contribution in [1.29, 1.82) is 0 Å². The van der Waals surface area contributed by atoms with Crippen LogP contribution in [0.4, 0.5) is 0 Å². The minimum absolute atomic E-state index is 0.410. The minimum atomic E-state index is 0.410. The van der Waals surface area contributed by atoms with E-state index in [9.17, 15) is 0 Å². The maximum atomic E-state index is 5.95. The fraction of sp³-hybridized carbons (Fsp3) is 0.625. The molecule has 0 saturated carbocycles. The van der Waals surface area contributed by atoms with Crippen LogP contribution in [0.5, 0.6) is 0 Å². The van der Waals surface area contributed by atoms with E-state index in [0.717, 1.165) is 18.1 Å². The van der Waals surface area contributed by atoms with Gasteiger partial charge in [-0.2, -0.15) is 0 Å². The summed E-state index contributed by atoms with van der Waals surface area (Å²) in [5.41, 5.74) is 1.32. The van der Waals surface area contributed by atoms with Gasteiger partial charge in [-0.05, 0) is 44.6 Å². The third-order valence-corrected chi connectivity index (χ3v) is 4.04. The maximum Gasteiger partial charge on any atom is 0.0406 e. The molecule has 0 aliphatic carbocycles. The molecule has 0 aromatic heterocycles. The smallest absolute Gasteiger partial charge is 0.0406 e. The summed E-state index contributed by atoms with van der Waals surface area (Å²) in [7, 11) is 2.22. The topological polar surface area (TPSA) is 15.3 Å². The van der Waals surface area contributed by atoms with Gasteiger partial charge in [0.25, 0.3) is 0 Å². The zero-order valence-corrected chi connectivity index (χ0v) is 13.4. The summed E-state index contributed by atoms with van der Waals surface area (Å²) in [6.45, 7) is 8.76. The second kappa shape index (κ2) is 8.57. The Balaban J connectivity index is 2.71. The fourth-order valence-electron chi connectivity index (χ4n) is 2.39. The molecule has 1 aromatic carbocycles. The standard InChI is InChI=1S/C16H27ClN2/c1-5-7-16(12-18-6-2)19(4)13(3)14-8-10-15(17)11-9-14/h8-11,13,16,18H,5-7,12H2,1-4H3. The molecule has 2 atom stereocenters. The van der Waals surface area contributed by atoms with Gasteiger partial charge in [0.05, 0.1) is 0 Å². The summed E-state index contributed by atoms with van der Waals surface area (Å²) in [6.07, 6.45) is 2.44. The molecule has 1 aromatic rings. The van der Waals surface area contributed by atoms with Crippen molar-refractivity contribution in [1.82, 2.24) is 10.2 Å². The third kappa shape index (κ3) is 5.13. The number of halogens is 1. The molecule has 0 fully saturated rings. The summed E-state index contributed by atoms with van der Waals surface area (Å²) in [5.74, 6) is 0. The van der Waals surface area contributed by atoms with Crippen LogP contribution in [-0.4, -0.2) is 31.1 Å². The van der Waals surface area contributed by atoms with Crippen molar-refractivity contribution in [2.75, 3.05) is 20.1 Å². The molecule has 0 heterocycles. The number of likely N-dealkylation sites (N-methyl/N-ethyl adjacent to an activating group) is 2. The normalized spacial score (nSPS) is 14.6. The van der Waals surface area contributed by atoms with E-state index in [2.05, 4.69) is 50.2 Å². The van der Waals surface area contributed by atoms with Crippen molar-refractivity contribution in [2.24, 2.45) is 0 Å². The molecule has 0 aliphatic heterocycles. The molecule has 0 spiro atoms. The molecule has 0 aliphatic rings. The van der Waals surface area contributed by atoms with Crippen molar-refractivity contribution < 1.29 is 0 Å². The van der Waals surface area contributed by atoms with Gasteiger partial charge in [-0.15, -0.1) is 0 Å². The molecule has 3 heteroatoms. The molecule has 0 amide bonds. The molecule has 1 rings (SSSR count). The Labute approximate surface area is 123 Å². The fourth-order valence-corrected chi connectivity index (χ4v) is 2.51. The number of benzene rings is 1. The molecule has 0 saturated heterocycles. The van der Waals surface area contributed by atoms with E-state index in [1.807, 2.05) is 12.1 Å². The van der Waals surface area contributed by atoms with Crippen LogP contribution in [0.25, 0.3) is 0 Å². The van der Waals surface area contributed by atoms with Crippen LogP contribution in [0.3, 0.4) is 0 Å². The van der Waals surface area contributed by atoms with Gasteiger partial charge in [0, 0.05) is 23.7 Å². The first-order valence-corrected chi connectivity index (χ1v) is 7.66. The summed E-state index contributed by atoms with van der Waals surface area (Å²) in [5, 5.41) is 4.27. The summed E-state index contributed by atoms with van der Waals surface area (Å²) < 4.78 is 0. The highest BCUT2D eigenvalue weighted by Gasteiger charge is 2.19. The van der Waals surface area contributed by atoms with Crippen molar-refractivity contribution >= 4 is 11.6 Å². The molecular weight excluding hydrogens is 256 g/mol. The van der Waals surface area contributed by atoms with E-state index in [-0.39, 0.29) is 0 Å². The number of nitrogens with one attached hydrogen (secondary N) is 1. The Morgan fingerprint density at radius 3 is 2.37 bits per heavy atom. The van der Waals surface area contributed by atoms with Gasteiger partial charge >= 0.3 is 0 Å². The van der Waals surface area contributed by atoms with Crippen molar-refractivity contribution in [3.63, 3.8) is 0 Å². The summed E-state index contributed by atoms with van der Waals surface area (Å²) >= 11 is 5.95. The highest BCUT2D eigenvalue weighted by atomic mass is 35.5. The third-order valence-electron chi connectivity index (χ3n) is 3.79. The van der Waals surface area contributed by atoms with E-state index in [1.165, 1.54) is 18.4 Å². The summed E-state index contributed by atoms with van der Waals surface area (Å²) in [6, 6.07) is 9.18. The Bertz CT molecular complexity index is 350. The van der Waals surface area contributed by atoms with E-state index < -0.39 is 0 Å². The number of hydrogen-bond acceptors (Lipinski definition) is 2. The van der Waals surface area contributed by atoms with E-state index >= 15 is 0 Å². The molecule has 2 unspecified atom stereocenters. The first-order valence-electron chi connectivity index (χ1n) is 7.28. The van der Waals surface area contributed by atoms with Gasteiger partial charge in [-0.1, -0.05) is 44.0 Å².